The molecule has 4 heteroatoms. The van der Waals surface area contributed by atoms with E-state index in [0.717, 1.165) is 58.2 Å². The summed E-state index contributed by atoms with van der Waals surface area (Å²) in [4.78, 5) is 15.0. The van der Waals surface area contributed by atoms with E-state index in [1.807, 2.05) is 0 Å². The number of ether oxygens (including phenoxy) is 2. The van der Waals surface area contributed by atoms with E-state index in [-0.39, 0.29) is 17.4 Å². The molecule has 3 rings (SSSR count). The van der Waals surface area contributed by atoms with Crippen LogP contribution in [0.25, 0.3) is 0 Å². The molecular weight excluding hydrogens is 290 g/mol. The molecule has 0 N–H and O–H groups in total. The normalized spacial score (nSPS) is 34.0. The molecule has 0 spiro atoms. The van der Waals surface area contributed by atoms with Gasteiger partial charge in [0.15, 0.2) is 0 Å². The number of hydrogen-bond donors (Lipinski definition) is 0. The molecule has 0 unspecified atom stereocenters. The van der Waals surface area contributed by atoms with Gasteiger partial charge >= 0.3 is 0 Å². The van der Waals surface area contributed by atoms with Gasteiger partial charge in [-0.3, -0.25) is 4.79 Å². The van der Waals surface area contributed by atoms with Gasteiger partial charge in [-0.05, 0) is 38.5 Å². The summed E-state index contributed by atoms with van der Waals surface area (Å²) >= 11 is 0. The third-order valence-corrected chi connectivity index (χ3v) is 5.54. The van der Waals surface area contributed by atoms with E-state index in [2.05, 4.69) is 23.6 Å². The first kappa shape index (κ1) is 16.7. The van der Waals surface area contributed by atoms with Gasteiger partial charge in [0.1, 0.15) is 0 Å². The molecule has 1 aliphatic carbocycles. The number of amides is 1. The van der Waals surface area contributed by atoms with Crippen LogP contribution in [-0.2, 0) is 14.3 Å². The molecule has 23 heavy (non-hydrogen) atoms. The lowest BCUT2D eigenvalue weighted by Gasteiger charge is -2.50. The van der Waals surface area contributed by atoms with Crippen LogP contribution in [0.5, 0.6) is 0 Å². The van der Waals surface area contributed by atoms with Crippen molar-refractivity contribution in [2.75, 3.05) is 32.9 Å². The number of carbonyl (C=O) groups excluding carboxylic acids is 1. The van der Waals surface area contributed by atoms with E-state index < -0.39 is 0 Å². The summed E-state index contributed by atoms with van der Waals surface area (Å²) in [5, 5.41) is 0. The average molecular weight is 319 g/mol. The van der Waals surface area contributed by atoms with Gasteiger partial charge in [0.25, 0.3) is 0 Å². The van der Waals surface area contributed by atoms with Crippen molar-refractivity contribution in [1.82, 2.24) is 4.90 Å². The molecule has 128 valence electrons. The molecule has 3 aliphatic rings. The van der Waals surface area contributed by atoms with Crippen molar-refractivity contribution in [2.24, 2.45) is 11.3 Å². The van der Waals surface area contributed by atoms with Crippen molar-refractivity contribution < 1.29 is 14.3 Å². The van der Waals surface area contributed by atoms with Crippen molar-refractivity contribution >= 4 is 5.91 Å². The summed E-state index contributed by atoms with van der Waals surface area (Å²) in [5.74, 6) is 0.508. The minimum Gasteiger partial charge on any atom is -0.377 e. The Labute approximate surface area is 139 Å². The predicted molar refractivity (Wildman–Crippen MR) is 90.1 cm³/mol. The molecule has 2 aliphatic heterocycles. The van der Waals surface area contributed by atoms with E-state index in [9.17, 15) is 4.79 Å². The lowest BCUT2D eigenvalue weighted by Crippen LogP contribution is -2.58. The molecule has 3 atom stereocenters. The topological polar surface area (TPSA) is 38.8 Å². The van der Waals surface area contributed by atoms with Crippen LogP contribution >= 0.6 is 0 Å². The molecule has 1 amide bonds. The molecule has 0 aromatic rings. The van der Waals surface area contributed by atoms with Gasteiger partial charge in [0.05, 0.1) is 19.3 Å². The van der Waals surface area contributed by atoms with Crippen LogP contribution in [-0.4, -0.2) is 49.8 Å². The van der Waals surface area contributed by atoms with Crippen molar-refractivity contribution in [3.05, 3.63) is 24.8 Å². The van der Waals surface area contributed by atoms with Gasteiger partial charge in [0.2, 0.25) is 5.91 Å². The highest BCUT2D eigenvalue weighted by Crippen LogP contribution is 2.41. The molecule has 0 aromatic carbocycles. The van der Waals surface area contributed by atoms with Crippen LogP contribution in [0.4, 0.5) is 0 Å². The van der Waals surface area contributed by atoms with Crippen LogP contribution in [0.15, 0.2) is 24.8 Å². The third-order valence-electron chi connectivity index (χ3n) is 5.54. The van der Waals surface area contributed by atoms with Crippen molar-refractivity contribution in [1.29, 1.82) is 0 Å². The van der Waals surface area contributed by atoms with Gasteiger partial charge in [-0.15, -0.1) is 6.58 Å². The predicted octanol–water partition coefficient (Wildman–Crippen LogP) is 2.94. The number of allylic oxidation sites excluding steroid dienone is 2. The number of likely N-dealkylation sites (tertiary alicyclic amines) is 1. The highest BCUT2D eigenvalue weighted by Gasteiger charge is 2.47. The zero-order valence-electron chi connectivity index (χ0n) is 14.0. The summed E-state index contributed by atoms with van der Waals surface area (Å²) in [6.45, 7) is 7.41. The lowest BCUT2D eigenvalue weighted by molar-refractivity contribution is -0.166. The molecule has 2 fully saturated rings. The highest BCUT2D eigenvalue weighted by atomic mass is 16.5. The summed E-state index contributed by atoms with van der Waals surface area (Å²) in [7, 11) is 0. The second-order valence-electron chi connectivity index (χ2n) is 7.16. The van der Waals surface area contributed by atoms with Crippen LogP contribution < -0.4 is 0 Å². The standard InChI is InChI=1S/C19H29NO3/c1-2-12-22-15-19-10-6-13-23-17(19)9-11-20(14-19)18(21)16-7-4-3-5-8-16/h2-4,16-17H,1,5-15H2/t16-,17-,19+/m0/s1. The Hall–Kier alpha value is -1.13. The summed E-state index contributed by atoms with van der Waals surface area (Å²) < 4.78 is 11.8. The first-order chi connectivity index (χ1) is 11.2. The van der Waals surface area contributed by atoms with Crippen LogP contribution in [0.3, 0.4) is 0 Å². The third kappa shape index (κ3) is 3.69. The summed E-state index contributed by atoms with van der Waals surface area (Å²) in [6.07, 6.45) is 12.4. The molecule has 0 bridgehead atoms. The van der Waals surface area contributed by atoms with Gasteiger partial charge in [-0.25, -0.2) is 0 Å². The molecular formula is C19H29NO3. The van der Waals surface area contributed by atoms with Gasteiger partial charge < -0.3 is 14.4 Å². The molecule has 2 saturated heterocycles. The van der Waals surface area contributed by atoms with Crippen molar-refractivity contribution in [3.63, 3.8) is 0 Å². The fourth-order valence-electron chi connectivity index (χ4n) is 4.31. The quantitative estimate of drug-likeness (QED) is 0.578. The zero-order chi connectivity index (χ0) is 16.1. The molecule has 2 heterocycles. The van der Waals surface area contributed by atoms with Crippen LogP contribution in [0, 0.1) is 11.3 Å². The minimum absolute atomic E-state index is 0.0281. The average Bonchev–Trinajstić information content (AvgIpc) is 2.61. The Morgan fingerprint density at radius 1 is 1.43 bits per heavy atom. The van der Waals surface area contributed by atoms with Crippen molar-refractivity contribution in [3.8, 4) is 0 Å². The minimum atomic E-state index is -0.0281. The van der Waals surface area contributed by atoms with E-state index in [4.69, 9.17) is 9.47 Å². The van der Waals surface area contributed by atoms with Crippen LogP contribution in [0.1, 0.15) is 38.5 Å². The first-order valence-corrected chi connectivity index (χ1v) is 8.99. The molecule has 0 saturated carbocycles. The number of hydrogen-bond acceptors (Lipinski definition) is 3. The maximum Gasteiger partial charge on any atom is 0.226 e. The fraction of sp³-hybridized carbons (Fsp3) is 0.737. The first-order valence-electron chi connectivity index (χ1n) is 8.99. The second-order valence-corrected chi connectivity index (χ2v) is 7.16. The van der Waals surface area contributed by atoms with Gasteiger partial charge in [-0.2, -0.15) is 0 Å². The van der Waals surface area contributed by atoms with E-state index in [1.54, 1.807) is 6.08 Å². The number of fused-ring (bicyclic) bond motifs is 1. The maximum absolute atomic E-state index is 12.9. The molecule has 0 aromatic heterocycles. The van der Waals surface area contributed by atoms with E-state index in [0.29, 0.717) is 19.1 Å². The number of piperidine rings is 1. The highest BCUT2D eigenvalue weighted by molar-refractivity contribution is 5.79. The van der Waals surface area contributed by atoms with Crippen LogP contribution in [0.2, 0.25) is 0 Å². The van der Waals surface area contributed by atoms with Crippen molar-refractivity contribution in [2.45, 2.75) is 44.6 Å². The smallest absolute Gasteiger partial charge is 0.226 e. The number of rotatable bonds is 5. The fourth-order valence-corrected chi connectivity index (χ4v) is 4.31. The van der Waals surface area contributed by atoms with Gasteiger partial charge in [0, 0.05) is 31.0 Å². The Bertz CT molecular complexity index is 462. The number of carbonyl (C=O) groups is 1. The maximum atomic E-state index is 12.9. The Morgan fingerprint density at radius 2 is 2.35 bits per heavy atom. The van der Waals surface area contributed by atoms with E-state index in [1.165, 1.54) is 0 Å². The lowest BCUT2D eigenvalue weighted by atomic mass is 9.72. The summed E-state index contributed by atoms with van der Waals surface area (Å²) in [5.41, 5.74) is -0.0281. The Kier molecular flexibility index (Phi) is 5.54. The Balaban J connectivity index is 1.68. The largest absolute Gasteiger partial charge is 0.377 e. The van der Waals surface area contributed by atoms with Gasteiger partial charge in [-0.1, -0.05) is 18.2 Å². The molecule has 0 radical (unpaired) electrons. The zero-order valence-corrected chi connectivity index (χ0v) is 14.0. The Morgan fingerprint density at radius 3 is 3.13 bits per heavy atom. The SMILES string of the molecule is C=CCOC[C@]12CCCO[C@H]1CCN(C(=O)[C@H]1CC=CCC1)C2. The monoisotopic (exact) mass is 319 g/mol. The molecule has 4 nitrogen and oxygen atoms in total. The second kappa shape index (κ2) is 7.63. The number of nitrogens with zero attached hydrogens (tertiary/aromatic N) is 1. The summed E-state index contributed by atoms with van der Waals surface area (Å²) in [6, 6.07) is 0. The van der Waals surface area contributed by atoms with E-state index >= 15 is 0 Å².